The molecule has 3 amide bonds. The van der Waals surface area contributed by atoms with Gasteiger partial charge in [0.25, 0.3) is 15.9 Å². The molecule has 10 nitrogen and oxygen atoms in total. The zero-order valence-corrected chi connectivity index (χ0v) is 28.9. The SMILES string of the molecule is CC(C)C[C@H](NC(=O)c1cccc(N(C)S(=O)(=O)c2cccs2)c1)[C@@H](O)C[C@@H](C)C(=O)N[C@H](C(=O)NCc1ccccc1)C(C)C. The maximum atomic E-state index is 13.4. The summed E-state index contributed by atoms with van der Waals surface area (Å²) in [6.07, 6.45) is -0.548. The Kier molecular flexibility index (Phi) is 13.3. The second-order valence-electron chi connectivity index (χ2n) is 12.3. The number of benzene rings is 2. The van der Waals surface area contributed by atoms with Crippen LogP contribution >= 0.6 is 11.3 Å². The third-order valence-electron chi connectivity index (χ3n) is 7.69. The highest BCUT2D eigenvalue weighted by Gasteiger charge is 2.30. The van der Waals surface area contributed by atoms with Gasteiger partial charge in [-0.15, -0.1) is 11.3 Å². The summed E-state index contributed by atoms with van der Waals surface area (Å²) in [7, 11) is -2.35. The normalized spacial score (nSPS) is 14.3. The first kappa shape index (κ1) is 36.7. The van der Waals surface area contributed by atoms with Crippen LogP contribution in [-0.2, 0) is 26.2 Å². The lowest BCUT2D eigenvalue weighted by Gasteiger charge is -2.29. The van der Waals surface area contributed by atoms with Crippen LogP contribution in [0.2, 0.25) is 0 Å². The van der Waals surface area contributed by atoms with Gasteiger partial charge >= 0.3 is 0 Å². The van der Waals surface area contributed by atoms with Gasteiger partial charge in [0.2, 0.25) is 11.8 Å². The van der Waals surface area contributed by atoms with Gasteiger partial charge in [0.15, 0.2) is 0 Å². The van der Waals surface area contributed by atoms with Gasteiger partial charge in [-0.1, -0.05) is 77.1 Å². The Morgan fingerprint density at radius 3 is 2.17 bits per heavy atom. The Morgan fingerprint density at radius 1 is 0.870 bits per heavy atom. The molecule has 0 fully saturated rings. The quantitative estimate of drug-likeness (QED) is 0.176. The minimum Gasteiger partial charge on any atom is -0.391 e. The predicted molar refractivity (Wildman–Crippen MR) is 182 cm³/mol. The summed E-state index contributed by atoms with van der Waals surface area (Å²) in [4.78, 5) is 39.5. The van der Waals surface area contributed by atoms with Gasteiger partial charge < -0.3 is 21.1 Å². The Bertz CT molecular complexity index is 1540. The zero-order valence-electron chi connectivity index (χ0n) is 27.3. The van der Waals surface area contributed by atoms with Crippen molar-refractivity contribution in [2.24, 2.45) is 17.8 Å². The first-order chi connectivity index (χ1) is 21.7. The Hall–Kier alpha value is -3.74. The van der Waals surface area contributed by atoms with Gasteiger partial charge in [0.1, 0.15) is 10.3 Å². The lowest BCUT2D eigenvalue weighted by atomic mass is 9.91. The summed E-state index contributed by atoms with van der Waals surface area (Å²) in [6, 6.07) is 17.5. The monoisotopic (exact) mass is 670 g/mol. The molecule has 1 aromatic heterocycles. The molecule has 0 bridgehead atoms. The number of anilines is 1. The average Bonchev–Trinajstić information content (AvgIpc) is 3.58. The minimum atomic E-state index is -3.78. The number of carbonyl (C=O) groups is 3. The van der Waals surface area contributed by atoms with Crippen molar-refractivity contribution in [2.45, 2.75) is 76.4 Å². The van der Waals surface area contributed by atoms with Crippen LogP contribution in [0.25, 0.3) is 0 Å². The summed E-state index contributed by atoms with van der Waals surface area (Å²) in [5.74, 6) is -1.83. The maximum Gasteiger partial charge on any atom is 0.273 e. The highest BCUT2D eigenvalue weighted by atomic mass is 32.2. The van der Waals surface area contributed by atoms with E-state index in [2.05, 4.69) is 16.0 Å². The summed E-state index contributed by atoms with van der Waals surface area (Å²) in [5, 5.41) is 21.5. The lowest BCUT2D eigenvalue weighted by molar-refractivity contribution is -0.132. The van der Waals surface area contributed by atoms with Gasteiger partial charge in [-0.25, -0.2) is 8.42 Å². The molecule has 0 radical (unpaired) electrons. The number of nitrogens with one attached hydrogen (secondary N) is 3. The van der Waals surface area contributed by atoms with Gasteiger partial charge in [-0.3, -0.25) is 18.7 Å². The van der Waals surface area contributed by atoms with Crippen LogP contribution in [0, 0.1) is 17.8 Å². The first-order valence-corrected chi connectivity index (χ1v) is 17.8. The number of hydrogen-bond donors (Lipinski definition) is 4. The Labute approximate surface area is 276 Å². The fourth-order valence-electron chi connectivity index (χ4n) is 4.96. The number of carbonyl (C=O) groups excluding carboxylic acids is 3. The molecule has 0 saturated carbocycles. The van der Waals surface area contributed by atoms with Crippen molar-refractivity contribution in [1.29, 1.82) is 0 Å². The van der Waals surface area contributed by atoms with E-state index in [0.29, 0.717) is 18.7 Å². The van der Waals surface area contributed by atoms with E-state index in [1.165, 1.54) is 19.2 Å². The van der Waals surface area contributed by atoms with Crippen LogP contribution in [0.1, 0.15) is 63.4 Å². The number of nitrogens with zero attached hydrogens (tertiary/aromatic N) is 1. The molecular formula is C34H46N4O6S2. The third kappa shape index (κ3) is 10.1. The molecule has 0 aliphatic heterocycles. The van der Waals surface area contributed by atoms with E-state index < -0.39 is 40.0 Å². The molecule has 1 heterocycles. The van der Waals surface area contributed by atoms with E-state index in [4.69, 9.17) is 0 Å². The summed E-state index contributed by atoms with van der Waals surface area (Å²) >= 11 is 1.11. The van der Waals surface area contributed by atoms with Gasteiger partial charge in [0.05, 0.1) is 17.8 Å². The number of sulfonamides is 1. The summed E-state index contributed by atoms with van der Waals surface area (Å²) in [6.45, 7) is 9.66. The van der Waals surface area contributed by atoms with Crippen molar-refractivity contribution in [3.63, 3.8) is 0 Å². The first-order valence-electron chi connectivity index (χ1n) is 15.4. The van der Waals surface area contributed by atoms with Crippen LogP contribution in [0.3, 0.4) is 0 Å². The fourth-order valence-corrected chi connectivity index (χ4v) is 7.31. The number of aliphatic hydroxyl groups is 1. The molecule has 3 aromatic rings. The minimum absolute atomic E-state index is 0.0573. The molecule has 4 atom stereocenters. The lowest BCUT2D eigenvalue weighted by Crippen LogP contribution is -2.51. The van der Waals surface area contributed by atoms with Gasteiger partial charge in [0, 0.05) is 25.1 Å². The zero-order chi connectivity index (χ0) is 34.0. The van der Waals surface area contributed by atoms with Crippen LogP contribution in [0.5, 0.6) is 0 Å². The molecule has 12 heteroatoms. The van der Waals surface area contributed by atoms with Crippen molar-refractivity contribution in [3.05, 3.63) is 83.2 Å². The number of aliphatic hydroxyl groups excluding tert-OH is 1. The summed E-state index contributed by atoms with van der Waals surface area (Å²) < 4.78 is 27.3. The molecule has 0 saturated heterocycles. The van der Waals surface area contributed by atoms with Crippen molar-refractivity contribution >= 4 is 44.8 Å². The van der Waals surface area contributed by atoms with Crippen molar-refractivity contribution < 1.29 is 27.9 Å². The van der Waals surface area contributed by atoms with Crippen LogP contribution < -0.4 is 20.3 Å². The molecule has 2 aromatic carbocycles. The van der Waals surface area contributed by atoms with Gasteiger partial charge in [-0.05, 0) is 59.9 Å². The standard InChI is InChI=1S/C34H46N4O6S2/c1-22(2)18-28(36-33(41)26-14-10-15-27(20-26)38(6)46(43,44)30-16-11-17-45-30)29(39)19-24(5)32(40)37-31(23(3)4)34(42)35-21-25-12-8-7-9-13-25/h7-17,20,22-24,28-29,31,39H,18-19,21H2,1-6H3,(H,35,42)(H,36,41)(H,37,40)/t24-,28+,29+,31+/m1/s1. The van der Waals surface area contributed by atoms with E-state index in [9.17, 15) is 27.9 Å². The number of rotatable bonds is 16. The molecule has 0 unspecified atom stereocenters. The van der Waals surface area contributed by atoms with E-state index in [1.54, 1.807) is 36.6 Å². The van der Waals surface area contributed by atoms with Crippen LogP contribution in [-0.4, -0.2) is 56.5 Å². The van der Waals surface area contributed by atoms with E-state index in [-0.39, 0.29) is 39.8 Å². The number of amides is 3. The van der Waals surface area contributed by atoms with Crippen molar-refractivity contribution in [3.8, 4) is 0 Å². The molecule has 4 N–H and O–H groups in total. The van der Waals surface area contributed by atoms with Gasteiger partial charge in [-0.2, -0.15) is 0 Å². The maximum absolute atomic E-state index is 13.4. The molecule has 0 spiro atoms. The summed E-state index contributed by atoms with van der Waals surface area (Å²) in [5.41, 5.74) is 1.50. The Balaban J connectivity index is 1.65. The molecule has 0 aliphatic carbocycles. The Morgan fingerprint density at radius 2 is 1.57 bits per heavy atom. The second-order valence-corrected chi connectivity index (χ2v) is 15.4. The fraction of sp³-hybridized carbons (Fsp3) is 0.441. The predicted octanol–water partition coefficient (Wildman–Crippen LogP) is 4.56. The average molecular weight is 671 g/mol. The largest absolute Gasteiger partial charge is 0.391 e. The van der Waals surface area contributed by atoms with Crippen LogP contribution in [0.4, 0.5) is 5.69 Å². The van der Waals surface area contributed by atoms with E-state index >= 15 is 0 Å². The van der Waals surface area contributed by atoms with E-state index in [0.717, 1.165) is 21.2 Å². The molecule has 46 heavy (non-hydrogen) atoms. The van der Waals surface area contributed by atoms with Crippen LogP contribution in [0.15, 0.2) is 76.3 Å². The smallest absolute Gasteiger partial charge is 0.273 e. The molecular weight excluding hydrogens is 625 g/mol. The molecule has 0 aliphatic rings. The second kappa shape index (κ2) is 16.7. The number of hydrogen-bond acceptors (Lipinski definition) is 7. The third-order valence-corrected chi connectivity index (χ3v) is 10.8. The topological polar surface area (TPSA) is 145 Å². The highest BCUT2D eigenvalue weighted by molar-refractivity contribution is 7.94. The molecule has 250 valence electrons. The number of thiophene rings is 1. The highest BCUT2D eigenvalue weighted by Crippen LogP contribution is 2.26. The van der Waals surface area contributed by atoms with Crippen molar-refractivity contribution in [2.75, 3.05) is 11.4 Å². The van der Waals surface area contributed by atoms with E-state index in [1.807, 2.05) is 58.0 Å². The molecule has 3 rings (SSSR count). The van der Waals surface area contributed by atoms with Crippen molar-refractivity contribution in [1.82, 2.24) is 16.0 Å².